The van der Waals surface area contributed by atoms with Gasteiger partial charge in [-0.05, 0) is 89.7 Å². The minimum Gasteiger partial charge on any atom is -0.493 e. The number of hydrogen-bond acceptors (Lipinski definition) is 5. The van der Waals surface area contributed by atoms with E-state index in [0.717, 1.165) is 26.5 Å². The summed E-state index contributed by atoms with van der Waals surface area (Å²) in [6.07, 6.45) is 1.71. The number of methoxy groups -OCH3 is 1. The van der Waals surface area contributed by atoms with Crippen LogP contribution in [0.4, 0.5) is 4.79 Å². The molecule has 152 valence electrons. The largest absolute Gasteiger partial charge is 0.493 e. The van der Waals surface area contributed by atoms with Crippen molar-refractivity contribution in [3.63, 3.8) is 0 Å². The predicted molar refractivity (Wildman–Crippen MR) is 124 cm³/mol. The molecule has 1 fully saturated rings. The van der Waals surface area contributed by atoms with Crippen molar-refractivity contribution >= 4 is 63.2 Å². The second kappa shape index (κ2) is 9.40. The van der Waals surface area contributed by atoms with Crippen LogP contribution >= 0.6 is 46.0 Å². The lowest BCUT2D eigenvalue weighted by Crippen LogP contribution is -2.34. The van der Waals surface area contributed by atoms with Gasteiger partial charge in [-0.15, -0.1) is 0 Å². The molecule has 2 aromatic carbocycles. The molecule has 1 aliphatic rings. The molecule has 2 aromatic rings. The third-order valence-corrected chi connectivity index (χ3v) is 6.12. The number of carbonyl (C=O) groups excluding carboxylic acids is 2. The van der Waals surface area contributed by atoms with E-state index >= 15 is 0 Å². The van der Waals surface area contributed by atoms with Crippen molar-refractivity contribution in [2.45, 2.75) is 26.5 Å². The molecule has 1 heterocycles. The lowest BCUT2D eigenvalue weighted by atomic mass is 10.1. The number of ether oxygens (including phenoxy) is 2. The Morgan fingerprint density at radius 2 is 1.90 bits per heavy atom. The average molecular weight is 544 g/mol. The summed E-state index contributed by atoms with van der Waals surface area (Å²) in [5.74, 6) is 0.905. The molecule has 29 heavy (non-hydrogen) atoms. The molecule has 0 unspecified atom stereocenters. The summed E-state index contributed by atoms with van der Waals surface area (Å²) in [7, 11) is 1.57. The molecule has 1 aliphatic heterocycles. The molecule has 0 spiro atoms. The van der Waals surface area contributed by atoms with Gasteiger partial charge in [0, 0.05) is 11.1 Å². The SMILES string of the molecule is COc1cc(/C=C2\SC(=O)N(C(C)C)C2=O)cc(I)c1OCc1ccc(Cl)cc1. The third-order valence-electron chi connectivity index (χ3n) is 4.19. The highest BCUT2D eigenvalue weighted by molar-refractivity contribution is 14.1. The Labute approximate surface area is 192 Å². The van der Waals surface area contributed by atoms with E-state index < -0.39 is 0 Å². The number of amides is 2. The van der Waals surface area contributed by atoms with Gasteiger partial charge >= 0.3 is 0 Å². The second-order valence-electron chi connectivity index (χ2n) is 6.59. The molecular formula is C21H19ClINO4S. The van der Waals surface area contributed by atoms with E-state index in [1.807, 2.05) is 44.2 Å². The van der Waals surface area contributed by atoms with E-state index in [9.17, 15) is 9.59 Å². The Morgan fingerprint density at radius 1 is 1.21 bits per heavy atom. The molecule has 8 heteroatoms. The van der Waals surface area contributed by atoms with Crippen molar-refractivity contribution in [1.29, 1.82) is 0 Å². The van der Waals surface area contributed by atoms with Crippen LogP contribution in [-0.4, -0.2) is 29.2 Å². The first kappa shape index (κ1) is 22.0. The van der Waals surface area contributed by atoms with Crippen LogP contribution in [0.1, 0.15) is 25.0 Å². The summed E-state index contributed by atoms with van der Waals surface area (Å²) in [5.41, 5.74) is 1.75. The van der Waals surface area contributed by atoms with Gasteiger partial charge in [-0.3, -0.25) is 14.5 Å². The van der Waals surface area contributed by atoms with Crippen LogP contribution in [0, 0.1) is 3.57 Å². The summed E-state index contributed by atoms with van der Waals surface area (Å²) < 4.78 is 12.3. The highest BCUT2D eigenvalue weighted by Crippen LogP contribution is 2.38. The fraction of sp³-hybridized carbons (Fsp3) is 0.238. The molecule has 0 radical (unpaired) electrons. The first-order chi connectivity index (χ1) is 13.8. The molecule has 1 saturated heterocycles. The van der Waals surface area contributed by atoms with E-state index in [1.165, 1.54) is 4.90 Å². The first-order valence-electron chi connectivity index (χ1n) is 8.82. The Balaban J connectivity index is 1.84. The van der Waals surface area contributed by atoms with E-state index in [2.05, 4.69) is 22.6 Å². The molecule has 0 N–H and O–H groups in total. The van der Waals surface area contributed by atoms with Crippen LogP contribution in [0.15, 0.2) is 41.3 Å². The van der Waals surface area contributed by atoms with Crippen LogP contribution in [0.2, 0.25) is 5.02 Å². The van der Waals surface area contributed by atoms with Gasteiger partial charge in [0.15, 0.2) is 11.5 Å². The van der Waals surface area contributed by atoms with E-state index in [0.29, 0.717) is 28.0 Å². The molecule has 0 saturated carbocycles. The van der Waals surface area contributed by atoms with Crippen LogP contribution in [0.25, 0.3) is 6.08 Å². The molecule has 3 rings (SSSR count). The minimum atomic E-state index is -0.271. The summed E-state index contributed by atoms with van der Waals surface area (Å²) in [4.78, 5) is 26.3. The number of hydrogen-bond donors (Lipinski definition) is 0. The first-order valence-corrected chi connectivity index (χ1v) is 11.1. The van der Waals surface area contributed by atoms with Gasteiger partial charge in [0.1, 0.15) is 6.61 Å². The fourth-order valence-electron chi connectivity index (χ4n) is 2.78. The lowest BCUT2D eigenvalue weighted by molar-refractivity contribution is -0.123. The molecule has 0 aromatic heterocycles. The topological polar surface area (TPSA) is 55.8 Å². The van der Waals surface area contributed by atoms with E-state index in [4.69, 9.17) is 21.1 Å². The third kappa shape index (κ3) is 5.07. The Morgan fingerprint density at radius 3 is 2.48 bits per heavy atom. The number of benzene rings is 2. The van der Waals surface area contributed by atoms with Gasteiger partial charge < -0.3 is 9.47 Å². The van der Waals surface area contributed by atoms with Crippen LogP contribution in [0.3, 0.4) is 0 Å². The van der Waals surface area contributed by atoms with Crippen LogP contribution in [0.5, 0.6) is 11.5 Å². The zero-order chi connectivity index (χ0) is 21.1. The standard InChI is InChI=1S/C21H19ClINO4S/c1-12(2)24-20(25)18(29-21(24)26)10-14-8-16(23)19(17(9-14)27-3)28-11-13-4-6-15(22)7-5-13/h4-10,12H,11H2,1-3H3/b18-10-. The maximum Gasteiger partial charge on any atom is 0.293 e. The van der Waals surface area contributed by atoms with E-state index in [-0.39, 0.29) is 17.2 Å². The molecule has 0 atom stereocenters. The normalized spacial score (nSPS) is 15.5. The van der Waals surface area contributed by atoms with Crippen molar-refractivity contribution in [3.8, 4) is 11.5 Å². The summed E-state index contributed by atoms with van der Waals surface area (Å²) in [5, 5.41) is 0.424. The van der Waals surface area contributed by atoms with Crippen molar-refractivity contribution in [2.75, 3.05) is 7.11 Å². The number of thioether (sulfide) groups is 1. The summed E-state index contributed by atoms with van der Waals surface area (Å²) in [6.45, 7) is 4.01. The predicted octanol–water partition coefficient (Wildman–Crippen LogP) is 5.98. The monoisotopic (exact) mass is 543 g/mol. The molecular weight excluding hydrogens is 525 g/mol. The van der Waals surface area contributed by atoms with Gasteiger partial charge in [-0.25, -0.2) is 0 Å². The van der Waals surface area contributed by atoms with Crippen LogP contribution < -0.4 is 9.47 Å². The summed E-state index contributed by atoms with van der Waals surface area (Å²) >= 11 is 9.04. The van der Waals surface area contributed by atoms with Crippen LogP contribution in [-0.2, 0) is 11.4 Å². The van der Waals surface area contributed by atoms with Gasteiger partial charge in [0.25, 0.3) is 11.1 Å². The number of imide groups is 1. The molecule has 2 amide bonds. The lowest BCUT2D eigenvalue weighted by Gasteiger charge is -2.16. The Bertz CT molecular complexity index is 975. The molecule has 0 bridgehead atoms. The van der Waals surface area contributed by atoms with Crippen molar-refractivity contribution < 1.29 is 19.1 Å². The van der Waals surface area contributed by atoms with Crippen molar-refractivity contribution in [3.05, 3.63) is 61.0 Å². The fourth-order valence-corrected chi connectivity index (χ4v) is 4.64. The zero-order valence-corrected chi connectivity index (χ0v) is 19.8. The molecule has 0 aliphatic carbocycles. The number of halogens is 2. The zero-order valence-electron chi connectivity index (χ0n) is 16.1. The summed E-state index contributed by atoms with van der Waals surface area (Å²) in [6, 6.07) is 11.0. The number of carbonyl (C=O) groups is 2. The van der Waals surface area contributed by atoms with Gasteiger partial charge in [0.2, 0.25) is 0 Å². The van der Waals surface area contributed by atoms with E-state index in [1.54, 1.807) is 19.3 Å². The quantitative estimate of drug-likeness (QED) is 0.332. The minimum absolute atomic E-state index is 0.174. The number of nitrogens with zero attached hydrogens (tertiary/aromatic N) is 1. The van der Waals surface area contributed by atoms with Gasteiger partial charge in [0.05, 0.1) is 15.6 Å². The maximum atomic E-state index is 12.5. The molecule has 5 nitrogen and oxygen atoms in total. The maximum absolute atomic E-state index is 12.5. The average Bonchev–Trinajstić information content (AvgIpc) is 2.95. The van der Waals surface area contributed by atoms with Crippen molar-refractivity contribution in [2.24, 2.45) is 0 Å². The van der Waals surface area contributed by atoms with Crippen molar-refractivity contribution in [1.82, 2.24) is 4.90 Å². The highest BCUT2D eigenvalue weighted by atomic mass is 127. The number of rotatable bonds is 6. The Kier molecular flexibility index (Phi) is 7.13. The van der Waals surface area contributed by atoms with Gasteiger partial charge in [-0.1, -0.05) is 23.7 Å². The highest BCUT2D eigenvalue weighted by Gasteiger charge is 2.36. The second-order valence-corrected chi connectivity index (χ2v) is 9.19. The van der Waals surface area contributed by atoms with Gasteiger partial charge in [-0.2, -0.15) is 0 Å². The smallest absolute Gasteiger partial charge is 0.293 e. The Hall–Kier alpha value is -1.71.